The molecule has 0 aromatic carbocycles. The van der Waals surface area contributed by atoms with Crippen molar-refractivity contribution in [3.05, 3.63) is 11.6 Å². The summed E-state index contributed by atoms with van der Waals surface area (Å²) in [6.07, 6.45) is 3.61. The maximum absolute atomic E-state index is 11.5. The Morgan fingerprint density at radius 1 is 1.50 bits per heavy atom. The molecule has 4 unspecified atom stereocenters. The molecule has 3 rings (SSSR count). The average Bonchev–Trinajstić information content (AvgIpc) is 3.02. The Balaban J connectivity index is 1.79. The molecule has 6 heteroatoms. The molecular weight excluding hydrogens is 232 g/mol. The molecule has 18 heavy (non-hydrogen) atoms. The number of hydrogen-bond acceptors (Lipinski definition) is 5. The van der Waals surface area contributed by atoms with Crippen molar-refractivity contribution in [2.24, 2.45) is 17.6 Å². The molecule has 0 saturated heterocycles. The third kappa shape index (κ3) is 1.71. The number of rotatable bonds is 3. The topological polar surface area (TPSA) is 93.9 Å². The van der Waals surface area contributed by atoms with E-state index in [2.05, 4.69) is 15.2 Å². The SMILES string of the molecule is CCOC(=O)c1n[nH]c(C2C3CCC(C3)C2N)n1. The lowest BCUT2D eigenvalue weighted by molar-refractivity contribution is 0.0512. The van der Waals surface area contributed by atoms with Crippen molar-refractivity contribution in [2.75, 3.05) is 6.61 Å². The van der Waals surface area contributed by atoms with Gasteiger partial charge in [-0.25, -0.2) is 9.78 Å². The minimum atomic E-state index is -0.475. The molecule has 3 N–H and O–H groups in total. The number of aromatic amines is 1. The number of H-pyrrole nitrogens is 1. The highest BCUT2D eigenvalue weighted by molar-refractivity contribution is 5.84. The maximum atomic E-state index is 11.5. The van der Waals surface area contributed by atoms with Crippen molar-refractivity contribution >= 4 is 5.97 Å². The number of fused-ring (bicyclic) bond motifs is 2. The average molecular weight is 250 g/mol. The van der Waals surface area contributed by atoms with Crippen LogP contribution in [-0.4, -0.2) is 33.8 Å². The summed E-state index contributed by atoms with van der Waals surface area (Å²) in [5, 5.41) is 6.79. The summed E-state index contributed by atoms with van der Waals surface area (Å²) in [7, 11) is 0. The van der Waals surface area contributed by atoms with Gasteiger partial charge in [-0.2, -0.15) is 0 Å². The van der Waals surface area contributed by atoms with E-state index in [-0.39, 0.29) is 17.8 Å². The van der Waals surface area contributed by atoms with Crippen molar-refractivity contribution in [3.63, 3.8) is 0 Å². The van der Waals surface area contributed by atoms with Crippen LogP contribution in [0.15, 0.2) is 0 Å². The molecule has 2 aliphatic rings. The lowest BCUT2D eigenvalue weighted by Gasteiger charge is -2.25. The first-order valence-electron chi connectivity index (χ1n) is 6.55. The third-order valence-corrected chi connectivity index (χ3v) is 4.26. The zero-order chi connectivity index (χ0) is 12.7. The van der Waals surface area contributed by atoms with Crippen LogP contribution < -0.4 is 5.73 Å². The lowest BCUT2D eigenvalue weighted by Crippen LogP contribution is -2.34. The largest absolute Gasteiger partial charge is 0.460 e. The molecule has 1 aromatic rings. The first kappa shape index (κ1) is 11.6. The van der Waals surface area contributed by atoms with E-state index in [1.54, 1.807) is 6.92 Å². The summed E-state index contributed by atoms with van der Waals surface area (Å²) >= 11 is 0. The molecule has 0 aliphatic heterocycles. The number of esters is 1. The fourth-order valence-corrected chi connectivity index (χ4v) is 3.45. The van der Waals surface area contributed by atoms with Crippen LogP contribution in [0.1, 0.15) is 48.5 Å². The molecule has 1 aromatic heterocycles. The summed E-state index contributed by atoms with van der Waals surface area (Å²) in [6.45, 7) is 2.09. The fraction of sp³-hybridized carbons (Fsp3) is 0.750. The Morgan fingerprint density at radius 2 is 2.28 bits per heavy atom. The third-order valence-electron chi connectivity index (χ3n) is 4.26. The van der Waals surface area contributed by atoms with E-state index in [9.17, 15) is 4.79 Å². The number of carbonyl (C=O) groups excluding carboxylic acids is 1. The molecule has 4 atom stereocenters. The summed E-state index contributed by atoms with van der Waals surface area (Å²) in [6, 6.07) is 0.145. The zero-order valence-corrected chi connectivity index (χ0v) is 10.4. The Labute approximate surface area is 105 Å². The predicted molar refractivity (Wildman–Crippen MR) is 63.9 cm³/mol. The zero-order valence-electron chi connectivity index (χ0n) is 10.4. The van der Waals surface area contributed by atoms with Crippen molar-refractivity contribution in [2.45, 2.75) is 38.1 Å². The van der Waals surface area contributed by atoms with Gasteiger partial charge in [0, 0.05) is 12.0 Å². The quantitative estimate of drug-likeness (QED) is 0.775. The summed E-state index contributed by atoms with van der Waals surface area (Å²) in [5.74, 6) is 1.81. The van der Waals surface area contributed by atoms with E-state index in [1.165, 1.54) is 19.3 Å². The lowest BCUT2D eigenvalue weighted by atomic mass is 9.84. The van der Waals surface area contributed by atoms with Crippen LogP contribution in [0, 0.1) is 11.8 Å². The van der Waals surface area contributed by atoms with E-state index in [0.717, 1.165) is 5.82 Å². The molecule has 0 amide bonds. The number of aromatic nitrogens is 3. The molecule has 1 heterocycles. The normalized spacial score (nSPS) is 33.9. The van der Waals surface area contributed by atoms with Crippen molar-refractivity contribution in [1.29, 1.82) is 0 Å². The molecule has 98 valence electrons. The van der Waals surface area contributed by atoms with Gasteiger partial charge in [0.15, 0.2) is 0 Å². The van der Waals surface area contributed by atoms with Crippen LogP contribution in [0.5, 0.6) is 0 Å². The smallest absolute Gasteiger partial charge is 0.378 e. The first-order chi connectivity index (χ1) is 8.70. The van der Waals surface area contributed by atoms with Crippen LogP contribution >= 0.6 is 0 Å². The second kappa shape index (κ2) is 4.35. The Kier molecular flexibility index (Phi) is 2.81. The highest BCUT2D eigenvalue weighted by atomic mass is 16.5. The monoisotopic (exact) mass is 250 g/mol. The van der Waals surface area contributed by atoms with Crippen LogP contribution in [0.2, 0.25) is 0 Å². The molecule has 2 aliphatic carbocycles. The molecule has 6 nitrogen and oxygen atoms in total. The second-order valence-corrected chi connectivity index (χ2v) is 5.20. The second-order valence-electron chi connectivity index (χ2n) is 5.20. The number of nitrogens with one attached hydrogen (secondary N) is 1. The van der Waals surface area contributed by atoms with Crippen molar-refractivity contribution in [1.82, 2.24) is 15.2 Å². The minimum Gasteiger partial charge on any atom is -0.460 e. The van der Waals surface area contributed by atoms with Gasteiger partial charge in [-0.15, -0.1) is 5.10 Å². The van der Waals surface area contributed by atoms with Crippen molar-refractivity contribution in [3.8, 4) is 0 Å². The molecule has 0 spiro atoms. The molecular formula is C12H18N4O2. The van der Waals surface area contributed by atoms with E-state index in [1.807, 2.05) is 0 Å². The highest BCUT2D eigenvalue weighted by Crippen LogP contribution is 2.51. The van der Waals surface area contributed by atoms with Gasteiger partial charge in [-0.05, 0) is 38.0 Å². The van der Waals surface area contributed by atoms with E-state index in [4.69, 9.17) is 10.5 Å². The van der Waals surface area contributed by atoms with Crippen molar-refractivity contribution < 1.29 is 9.53 Å². The van der Waals surface area contributed by atoms with Gasteiger partial charge < -0.3 is 10.5 Å². The fourth-order valence-electron chi connectivity index (χ4n) is 3.45. The molecule has 2 bridgehead atoms. The summed E-state index contributed by atoms with van der Waals surface area (Å²) in [4.78, 5) is 15.8. The molecule has 2 saturated carbocycles. The van der Waals surface area contributed by atoms with Gasteiger partial charge in [-0.1, -0.05) is 0 Å². The van der Waals surface area contributed by atoms with Crippen LogP contribution in [0.25, 0.3) is 0 Å². The minimum absolute atomic E-state index is 0.113. The van der Waals surface area contributed by atoms with Gasteiger partial charge in [-0.3, -0.25) is 5.10 Å². The molecule has 0 radical (unpaired) electrons. The van der Waals surface area contributed by atoms with Gasteiger partial charge in [0.1, 0.15) is 5.82 Å². The Bertz CT molecular complexity index is 457. The van der Waals surface area contributed by atoms with Crippen LogP contribution in [0.4, 0.5) is 0 Å². The Morgan fingerprint density at radius 3 is 2.94 bits per heavy atom. The Hall–Kier alpha value is -1.43. The number of nitrogens with zero attached hydrogens (tertiary/aromatic N) is 2. The van der Waals surface area contributed by atoms with E-state index in [0.29, 0.717) is 18.4 Å². The standard InChI is InChI=1S/C12H18N4O2/c1-2-18-12(17)11-14-10(15-16-11)8-6-3-4-7(5-6)9(8)13/h6-9H,2-5,13H2,1H3,(H,14,15,16). The van der Waals surface area contributed by atoms with Gasteiger partial charge in [0.05, 0.1) is 6.61 Å². The summed E-state index contributed by atoms with van der Waals surface area (Å²) < 4.78 is 4.88. The van der Waals surface area contributed by atoms with E-state index < -0.39 is 5.97 Å². The van der Waals surface area contributed by atoms with Gasteiger partial charge >= 0.3 is 5.97 Å². The number of nitrogens with two attached hydrogens (primary N) is 1. The first-order valence-corrected chi connectivity index (χ1v) is 6.55. The predicted octanol–water partition coefficient (Wildman–Crippen LogP) is 0.822. The molecule has 2 fully saturated rings. The maximum Gasteiger partial charge on any atom is 0.378 e. The van der Waals surface area contributed by atoms with Crippen LogP contribution in [-0.2, 0) is 4.74 Å². The number of ether oxygens (including phenoxy) is 1. The van der Waals surface area contributed by atoms with Gasteiger partial charge in [0.25, 0.3) is 5.82 Å². The van der Waals surface area contributed by atoms with Crippen LogP contribution in [0.3, 0.4) is 0 Å². The van der Waals surface area contributed by atoms with E-state index >= 15 is 0 Å². The highest BCUT2D eigenvalue weighted by Gasteiger charge is 2.47. The van der Waals surface area contributed by atoms with Gasteiger partial charge in [0.2, 0.25) is 0 Å². The number of hydrogen-bond donors (Lipinski definition) is 2. The summed E-state index contributed by atoms with van der Waals surface area (Å²) in [5.41, 5.74) is 6.24. The number of carbonyl (C=O) groups is 1.